The maximum absolute atomic E-state index is 6.07. The van der Waals surface area contributed by atoms with Crippen LogP contribution in [0, 0.1) is 6.92 Å². The zero-order chi connectivity index (χ0) is 16.5. The molecule has 1 aromatic rings. The van der Waals surface area contributed by atoms with E-state index in [0.717, 1.165) is 30.8 Å². The van der Waals surface area contributed by atoms with Crippen molar-refractivity contribution in [3.63, 3.8) is 0 Å². The van der Waals surface area contributed by atoms with Crippen LogP contribution in [-0.4, -0.2) is 37.4 Å². The van der Waals surface area contributed by atoms with Gasteiger partial charge in [0.25, 0.3) is 0 Å². The molecule has 0 atom stereocenters. The van der Waals surface area contributed by atoms with Crippen LogP contribution in [0.5, 0.6) is 0 Å². The summed E-state index contributed by atoms with van der Waals surface area (Å²) in [7, 11) is 4.25. The monoisotopic (exact) mass is 360 g/mol. The van der Waals surface area contributed by atoms with E-state index in [1.807, 2.05) is 25.1 Å². The molecule has 0 unspecified atom stereocenters. The lowest BCUT2D eigenvalue weighted by molar-refractivity contribution is -0.858. The lowest BCUT2D eigenvalue weighted by atomic mass is 10.2. The van der Waals surface area contributed by atoms with Gasteiger partial charge in [0.15, 0.2) is 10.2 Å². The van der Waals surface area contributed by atoms with Crippen molar-refractivity contribution in [2.75, 3.05) is 32.5 Å². The van der Waals surface area contributed by atoms with E-state index in [2.05, 4.69) is 35.6 Å². The van der Waals surface area contributed by atoms with E-state index in [9.17, 15) is 0 Å². The quantitative estimate of drug-likeness (QED) is 0.305. The van der Waals surface area contributed by atoms with E-state index in [4.69, 9.17) is 36.0 Å². The second-order valence-electron chi connectivity index (χ2n) is 5.18. The molecule has 0 aromatic heterocycles. The minimum Gasteiger partial charge on any atom is -0.361 e. The molecule has 0 heterocycles. The Kier molecular flexibility index (Phi) is 8.40. The normalized spacial score (nSPS) is 10.2. The van der Waals surface area contributed by atoms with Crippen LogP contribution in [0.2, 0.25) is 5.02 Å². The Bertz CT molecular complexity index is 522. The van der Waals surface area contributed by atoms with Crippen molar-refractivity contribution >= 4 is 51.9 Å². The summed E-state index contributed by atoms with van der Waals surface area (Å²) in [5.74, 6) is 0. The molecule has 5 N–H and O–H groups in total. The first-order valence-electron chi connectivity index (χ1n) is 7.05. The SMILES string of the molecule is Cc1c(Cl)cccc1NC(=S)NNC(=S)NCCC[NH+](C)C. The van der Waals surface area contributed by atoms with Gasteiger partial charge in [-0.1, -0.05) is 17.7 Å². The highest BCUT2D eigenvalue weighted by Gasteiger charge is 2.04. The van der Waals surface area contributed by atoms with Crippen molar-refractivity contribution in [1.29, 1.82) is 0 Å². The number of anilines is 1. The van der Waals surface area contributed by atoms with Crippen molar-refractivity contribution < 1.29 is 4.90 Å². The third-order valence-corrected chi connectivity index (χ3v) is 3.80. The smallest absolute Gasteiger partial charge is 0.189 e. The molecular formula is C14H23ClN5S2+. The molecule has 8 heteroatoms. The van der Waals surface area contributed by atoms with Crippen LogP contribution in [-0.2, 0) is 0 Å². The first kappa shape index (κ1) is 18.9. The number of hydrogen-bond acceptors (Lipinski definition) is 2. The third-order valence-electron chi connectivity index (χ3n) is 2.94. The van der Waals surface area contributed by atoms with Gasteiger partial charge in [-0.15, -0.1) is 0 Å². The van der Waals surface area contributed by atoms with Crippen molar-refractivity contribution in [3.8, 4) is 0 Å². The lowest BCUT2D eigenvalue weighted by Gasteiger charge is -2.15. The molecule has 122 valence electrons. The summed E-state index contributed by atoms with van der Waals surface area (Å²) in [6.07, 6.45) is 1.05. The second kappa shape index (κ2) is 9.78. The van der Waals surface area contributed by atoms with Gasteiger partial charge in [-0.3, -0.25) is 10.9 Å². The van der Waals surface area contributed by atoms with Crippen molar-refractivity contribution in [2.24, 2.45) is 0 Å². The first-order chi connectivity index (χ1) is 10.4. The van der Waals surface area contributed by atoms with Crippen molar-refractivity contribution in [3.05, 3.63) is 28.8 Å². The van der Waals surface area contributed by atoms with Crippen LogP contribution in [0.1, 0.15) is 12.0 Å². The van der Waals surface area contributed by atoms with Gasteiger partial charge in [-0.2, -0.15) is 0 Å². The summed E-state index contributed by atoms with van der Waals surface area (Å²) >= 11 is 16.4. The van der Waals surface area contributed by atoms with Gasteiger partial charge in [0.05, 0.1) is 20.6 Å². The van der Waals surface area contributed by atoms with Crippen LogP contribution in [0.4, 0.5) is 5.69 Å². The molecule has 22 heavy (non-hydrogen) atoms. The zero-order valence-corrected chi connectivity index (χ0v) is 15.4. The Labute approximate surface area is 147 Å². The molecule has 0 saturated heterocycles. The van der Waals surface area contributed by atoms with Crippen LogP contribution < -0.4 is 26.4 Å². The summed E-state index contributed by atoms with van der Waals surface area (Å²) < 4.78 is 0. The van der Waals surface area contributed by atoms with E-state index in [1.54, 1.807) is 0 Å². The molecule has 0 fully saturated rings. The molecule has 5 nitrogen and oxygen atoms in total. The lowest BCUT2D eigenvalue weighted by Crippen LogP contribution is -3.05. The van der Waals surface area contributed by atoms with Crippen LogP contribution in [0.15, 0.2) is 18.2 Å². The highest BCUT2D eigenvalue weighted by Crippen LogP contribution is 2.22. The van der Waals surface area contributed by atoms with Crippen LogP contribution >= 0.6 is 36.0 Å². The van der Waals surface area contributed by atoms with Gasteiger partial charge in [0, 0.05) is 23.7 Å². The summed E-state index contributed by atoms with van der Waals surface area (Å²) in [4.78, 5) is 1.42. The molecule has 0 bridgehead atoms. The largest absolute Gasteiger partial charge is 0.361 e. The Morgan fingerprint density at radius 2 is 1.86 bits per heavy atom. The van der Waals surface area contributed by atoms with Crippen molar-refractivity contribution in [2.45, 2.75) is 13.3 Å². The number of halogens is 1. The molecule has 0 radical (unpaired) electrons. The number of rotatable bonds is 5. The van der Waals surface area contributed by atoms with Gasteiger partial charge in [0.2, 0.25) is 0 Å². The average Bonchev–Trinajstić information content (AvgIpc) is 2.46. The first-order valence-corrected chi connectivity index (χ1v) is 8.24. The Morgan fingerprint density at radius 1 is 1.18 bits per heavy atom. The van der Waals surface area contributed by atoms with Gasteiger partial charge in [0.1, 0.15) is 0 Å². The number of quaternary nitrogens is 1. The summed E-state index contributed by atoms with van der Waals surface area (Å²) in [6.45, 7) is 3.85. The number of hydrazine groups is 1. The molecule has 0 amide bonds. The molecule has 0 aliphatic rings. The molecule has 0 saturated carbocycles. The molecule has 0 aliphatic heterocycles. The average molecular weight is 361 g/mol. The van der Waals surface area contributed by atoms with Crippen LogP contribution in [0.3, 0.4) is 0 Å². The molecular weight excluding hydrogens is 338 g/mol. The van der Waals surface area contributed by atoms with E-state index in [-0.39, 0.29) is 0 Å². The van der Waals surface area contributed by atoms with Gasteiger partial charge in [-0.25, -0.2) is 0 Å². The minimum absolute atomic E-state index is 0.423. The standard InChI is InChI=1S/C14H22ClN5S2/c1-10-11(15)6-4-7-12(10)17-14(22)19-18-13(21)16-8-5-9-20(2)3/h4,6-7H,5,8-9H2,1-3H3,(H2,16,18,21)(H2,17,19,22)/p+1. The fraction of sp³-hybridized carbons (Fsp3) is 0.429. The number of thiocarbonyl (C=S) groups is 2. The zero-order valence-electron chi connectivity index (χ0n) is 13.0. The Balaban J connectivity index is 2.28. The van der Waals surface area contributed by atoms with Gasteiger partial charge < -0.3 is 15.5 Å². The van der Waals surface area contributed by atoms with Gasteiger partial charge in [-0.05, 0) is 49.1 Å². The summed E-state index contributed by atoms with van der Waals surface area (Å²) in [5.41, 5.74) is 7.50. The summed E-state index contributed by atoms with van der Waals surface area (Å²) in [5, 5.41) is 7.82. The summed E-state index contributed by atoms with van der Waals surface area (Å²) in [6, 6.07) is 5.62. The predicted molar refractivity (Wildman–Crippen MR) is 102 cm³/mol. The number of hydrogen-bond donors (Lipinski definition) is 5. The molecule has 0 aliphatic carbocycles. The fourth-order valence-corrected chi connectivity index (χ4v) is 2.19. The highest BCUT2D eigenvalue weighted by molar-refractivity contribution is 7.80. The maximum atomic E-state index is 6.07. The van der Waals surface area contributed by atoms with Crippen molar-refractivity contribution in [1.82, 2.24) is 16.2 Å². The predicted octanol–water partition coefficient (Wildman–Crippen LogP) is 0.849. The van der Waals surface area contributed by atoms with E-state index in [1.165, 1.54) is 4.90 Å². The molecule has 1 rings (SSSR count). The molecule has 1 aromatic carbocycles. The maximum Gasteiger partial charge on any atom is 0.189 e. The topological polar surface area (TPSA) is 52.6 Å². The van der Waals surface area contributed by atoms with E-state index in [0.29, 0.717) is 15.2 Å². The fourth-order valence-electron chi connectivity index (χ4n) is 1.70. The van der Waals surface area contributed by atoms with Gasteiger partial charge >= 0.3 is 0 Å². The minimum atomic E-state index is 0.423. The second-order valence-corrected chi connectivity index (χ2v) is 6.41. The van der Waals surface area contributed by atoms with E-state index >= 15 is 0 Å². The van der Waals surface area contributed by atoms with Crippen LogP contribution in [0.25, 0.3) is 0 Å². The number of benzene rings is 1. The number of nitrogens with one attached hydrogen (secondary N) is 5. The highest BCUT2D eigenvalue weighted by atomic mass is 35.5. The van der Waals surface area contributed by atoms with E-state index < -0.39 is 0 Å². The Hall–Kier alpha value is -1.15. The molecule has 0 spiro atoms. The third kappa shape index (κ3) is 7.22. The Morgan fingerprint density at radius 3 is 2.55 bits per heavy atom.